The van der Waals surface area contributed by atoms with Gasteiger partial charge >= 0.3 is 0 Å². The van der Waals surface area contributed by atoms with Gasteiger partial charge in [0.2, 0.25) is 17.7 Å². The number of halogens is 1. The fourth-order valence-corrected chi connectivity index (χ4v) is 5.36. The second-order valence-electron chi connectivity index (χ2n) is 8.97. The lowest BCUT2D eigenvalue weighted by Gasteiger charge is -2.31. The molecule has 2 aromatic rings. The van der Waals surface area contributed by atoms with Gasteiger partial charge in [-0.25, -0.2) is 0 Å². The summed E-state index contributed by atoms with van der Waals surface area (Å²) in [5, 5.41) is 0.418. The van der Waals surface area contributed by atoms with Crippen LogP contribution in [-0.4, -0.2) is 47.2 Å². The average Bonchev–Trinajstić information content (AvgIpc) is 3.39. The summed E-state index contributed by atoms with van der Waals surface area (Å²) in [5.74, 6) is -0.621. The van der Waals surface area contributed by atoms with Crippen LogP contribution in [0.5, 0.6) is 0 Å². The minimum atomic E-state index is -1.24. The number of imide groups is 1. The molecule has 1 aliphatic heterocycles. The van der Waals surface area contributed by atoms with Crippen LogP contribution < -0.4 is 0 Å². The van der Waals surface area contributed by atoms with Crippen LogP contribution in [0.3, 0.4) is 0 Å². The molecule has 6 heteroatoms. The Bertz CT molecular complexity index is 1000. The number of hydrogen-bond acceptors (Lipinski definition) is 3. The van der Waals surface area contributed by atoms with E-state index >= 15 is 0 Å². The molecule has 1 saturated carbocycles. The Morgan fingerprint density at radius 3 is 2.41 bits per heavy atom. The van der Waals surface area contributed by atoms with E-state index in [0.29, 0.717) is 17.1 Å². The second-order valence-corrected chi connectivity index (χ2v) is 9.38. The summed E-state index contributed by atoms with van der Waals surface area (Å²) in [7, 11) is 1.75. The Balaban J connectivity index is 1.59. The van der Waals surface area contributed by atoms with Gasteiger partial charge in [-0.2, -0.15) is 0 Å². The van der Waals surface area contributed by atoms with E-state index in [1.807, 2.05) is 36.4 Å². The first-order chi connectivity index (χ1) is 15.4. The number of likely N-dealkylation sites (N-methyl/N-ethyl adjacent to an activating group) is 1. The number of amides is 3. The number of hydrogen-bond donors (Lipinski definition) is 0. The van der Waals surface area contributed by atoms with E-state index in [4.69, 9.17) is 11.6 Å². The van der Waals surface area contributed by atoms with E-state index in [0.717, 1.165) is 37.7 Å². The predicted molar refractivity (Wildman–Crippen MR) is 124 cm³/mol. The van der Waals surface area contributed by atoms with Gasteiger partial charge in [0.05, 0.1) is 5.41 Å². The Morgan fingerprint density at radius 1 is 1.06 bits per heavy atom. The number of rotatable bonds is 7. The van der Waals surface area contributed by atoms with Crippen LogP contribution in [0.25, 0.3) is 0 Å². The molecule has 1 saturated heterocycles. The third kappa shape index (κ3) is 4.31. The van der Waals surface area contributed by atoms with Gasteiger partial charge in [-0.15, -0.1) is 0 Å². The summed E-state index contributed by atoms with van der Waals surface area (Å²) in [6, 6.07) is 17.0. The molecule has 3 amide bonds. The van der Waals surface area contributed by atoms with Gasteiger partial charge in [-0.05, 0) is 36.5 Å². The molecular formula is C26H29ClN2O3. The van der Waals surface area contributed by atoms with Crippen molar-refractivity contribution in [3.05, 3.63) is 70.7 Å². The van der Waals surface area contributed by atoms with Crippen LogP contribution in [0.4, 0.5) is 0 Å². The first kappa shape index (κ1) is 22.5. The lowest BCUT2D eigenvalue weighted by atomic mass is 9.75. The van der Waals surface area contributed by atoms with E-state index < -0.39 is 5.41 Å². The summed E-state index contributed by atoms with van der Waals surface area (Å²) in [5.41, 5.74) is 0.480. The van der Waals surface area contributed by atoms with Crippen molar-refractivity contribution in [2.24, 2.45) is 0 Å². The average molecular weight is 453 g/mol. The van der Waals surface area contributed by atoms with Gasteiger partial charge in [0.25, 0.3) is 0 Å². The number of benzene rings is 2. The molecule has 2 aromatic carbocycles. The summed E-state index contributed by atoms with van der Waals surface area (Å²) in [6.07, 6.45) is 4.36. The molecule has 4 rings (SSSR count). The molecule has 1 heterocycles. The van der Waals surface area contributed by atoms with Crippen molar-refractivity contribution in [3.63, 3.8) is 0 Å². The fourth-order valence-electron chi connectivity index (χ4n) is 5.05. The smallest absolute Gasteiger partial charge is 0.241 e. The molecule has 1 aliphatic carbocycles. The molecule has 32 heavy (non-hydrogen) atoms. The zero-order chi connectivity index (χ0) is 22.7. The summed E-state index contributed by atoms with van der Waals surface area (Å²) >= 11 is 6.51. The van der Waals surface area contributed by atoms with E-state index in [9.17, 15) is 14.4 Å². The number of nitrogens with zero attached hydrogens (tertiary/aromatic N) is 2. The van der Waals surface area contributed by atoms with Crippen LogP contribution in [0.2, 0.25) is 5.02 Å². The highest BCUT2D eigenvalue weighted by atomic mass is 35.5. The predicted octanol–water partition coefficient (Wildman–Crippen LogP) is 4.37. The van der Waals surface area contributed by atoms with Crippen LogP contribution in [0.1, 0.15) is 49.7 Å². The highest BCUT2D eigenvalue weighted by Gasteiger charge is 2.56. The van der Waals surface area contributed by atoms with E-state index in [1.54, 1.807) is 30.1 Å². The van der Waals surface area contributed by atoms with Crippen molar-refractivity contribution in [2.45, 2.75) is 56.4 Å². The Kier molecular flexibility index (Phi) is 6.66. The molecule has 0 radical (unpaired) electrons. The van der Waals surface area contributed by atoms with Gasteiger partial charge < -0.3 is 4.90 Å². The highest BCUT2D eigenvalue weighted by molar-refractivity contribution is 6.32. The zero-order valence-corrected chi connectivity index (χ0v) is 19.2. The van der Waals surface area contributed by atoms with Crippen LogP contribution in [-0.2, 0) is 26.2 Å². The topological polar surface area (TPSA) is 57.7 Å². The maximum absolute atomic E-state index is 13.8. The Morgan fingerprint density at radius 2 is 1.72 bits per heavy atom. The SMILES string of the molecule is CN(CCc1ccccc1)C(=O)CC1(c2ccccc2Cl)CC(=O)N(C2CCCC2)C1=O. The normalized spacial score (nSPS) is 21.4. The molecule has 0 spiro atoms. The molecule has 2 fully saturated rings. The maximum atomic E-state index is 13.8. The summed E-state index contributed by atoms with van der Waals surface area (Å²) < 4.78 is 0. The Hall–Kier alpha value is -2.66. The molecule has 168 valence electrons. The number of likely N-dealkylation sites (tertiary alicyclic amines) is 1. The van der Waals surface area contributed by atoms with Gasteiger partial charge in [-0.1, -0.05) is 73.0 Å². The zero-order valence-electron chi connectivity index (χ0n) is 18.4. The minimum Gasteiger partial charge on any atom is -0.345 e. The summed E-state index contributed by atoms with van der Waals surface area (Å²) in [6.45, 7) is 0.538. The third-order valence-corrected chi connectivity index (χ3v) is 7.22. The van der Waals surface area contributed by atoms with Crippen molar-refractivity contribution in [1.29, 1.82) is 0 Å². The van der Waals surface area contributed by atoms with Gasteiger partial charge in [-0.3, -0.25) is 19.3 Å². The molecule has 1 unspecified atom stereocenters. The molecule has 2 aliphatic rings. The van der Waals surface area contributed by atoms with Crippen LogP contribution >= 0.6 is 11.6 Å². The monoisotopic (exact) mass is 452 g/mol. The standard InChI is InChI=1S/C26H29ClN2O3/c1-28(16-15-19-9-3-2-4-10-19)23(30)17-26(21-13-7-8-14-22(21)27)18-24(31)29(25(26)32)20-11-5-6-12-20/h2-4,7-10,13-14,20H,5-6,11-12,15-18H2,1H3. The van der Waals surface area contributed by atoms with Gasteiger partial charge in [0.1, 0.15) is 0 Å². The minimum absolute atomic E-state index is 0.00959. The van der Waals surface area contributed by atoms with E-state index in [-0.39, 0.29) is 36.6 Å². The lowest BCUT2D eigenvalue weighted by molar-refractivity contribution is -0.144. The first-order valence-electron chi connectivity index (χ1n) is 11.3. The first-order valence-corrected chi connectivity index (χ1v) is 11.7. The Labute approximate surface area is 194 Å². The van der Waals surface area contributed by atoms with E-state index in [2.05, 4.69) is 0 Å². The van der Waals surface area contributed by atoms with Crippen molar-refractivity contribution in [3.8, 4) is 0 Å². The maximum Gasteiger partial charge on any atom is 0.241 e. The van der Waals surface area contributed by atoms with Crippen molar-refractivity contribution in [1.82, 2.24) is 9.80 Å². The second kappa shape index (κ2) is 9.45. The molecule has 1 atom stereocenters. The van der Waals surface area contributed by atoms with E-state index in [1.165, 1.54) is 4.90 Å². The van der Waals surface area contributed by atoms with Gasteiger partial charge in [0.15, 0.2) is 0 Å². The lowest BCUT2D eigenvalue weighted by Crippen LogP contribution is -2.45. The molecule has 5 nitrogen and oxygen atoms in total. The fraction of sp³-hybridized carbons (Fsp3) is 0.423. The third-order valence-electron chi connectivity index (χ3n) is 6.89. The highest BCUT2D eigenvalue weighted by Crippen LogP contribution is 2.45. The van der Waals surface area contributed by atoms with Crippen molar-refractivity contribution < 1.29 is 14.4 Å². The van der Waals surface area contributed by atoms with Crippen molar-refractivity contribution in [2.75, 3.05) is 13.6 Å². The van der Waals surface area contributed by atoms with Crippen LogP contribution in [0.15, 0.2) is 54.6 Å². The molecule has 0 aromatic heterocycles. The number of carbonyl (C=O) groups excluding carboxylic acids is 3. The molecular weight excluding hydrogens is 424 g/mol. The summed E-state index contributed by atoms with van der Waals surface area (Å²) in [4.78, 5) is 43.2. The quantitative estimate of drug-likeness (QED) is 0.586. The molecule has 0 N–H and O–H groups in total. The largest absolute Gasteiger partial charge is 0.345 e. The van der Waals surface area contributed by atoms with Crippen molar-refractivity contribution >= 4 is 29.3 Å². The molecule has 0 bridgehead atoms. The van der Waals surface area contributed by atoms with Crippen LogP contribution in [0, 0.1) is 0 Å². The van der Waals surface area contributed by atoms with Gasteiger partial charge in [0, 0.05) is 37.5 Å². The number of carbonyl (C=O) groups is 3.